The molecule has 0 spiro atoms. The molecule has 3 aromatic rings. The van der Waals surface area contributed by atoms with Gasteiger partial charge in [-0.3, -0.25) is 4.79 Å². The zero-order valence-electron chi connectivity index (χ0n) is 23.9. The van der Waals surface area contributed by atoms with Crippen LogP contribution < -0.4 is 0 Å². The Hall–Kier alpha value is -4.39. The molecule has 7 nitrogen and oxygen atoms in total. The number of rotatable bonds is 10. The van der Waals surface area contributed by atoms with Crippen molar-refractivity contribution in [2.75, 3.05) is 0 Å². The van der Waals surface area contributed by atoms with E-state index < -0.39 is 23.6 Å². The van der Waals surface area contributed by atoms with E-state index in [0.717, 1.165) is 16.7 Å². The Kier molecular flexibility index (Phi) is 9.95. The number of allylic oxidation sites excluding steroid dienone is 1. The van der Waals surface area contributed by atoms with Gasteiger partial charge in [0.05, 0.1) is 12.0 Å². The highest BCUT2D eigenvalue weighted by Gasteiger charge is 2.39. The maximum atomic E-state index is 13.6. The molecule has 0 amide bonds. The number of carbonyl (C=O) groups excluding carboxylic acids is 3. The predicted molar refractivity (Wildman–Crippen MR) is 155 cm³/mol. The minimum atomic E-state index is -0.666. The largest absolute Gasteiger partial charge is 0.461 e. The van der Waals surface area contributed by atoms with Crippen LogP contribution in [0.2, 0.25) is 0 Å². The molecule has 1 fully saturated rings. The predicted octanol–water partition coefficient (Wildman–Crippen LogP) is 6.12. The normalized spacial score (nSPS) is 16.2. The van der Waals surface area contributed by atoms with E-state index in [4.69, 9.17) is 14.2 Å². The second kappa shape index (κ2) is 13.8. The fourth-order valence-corrected chi connectivity index (χ4v) is 4.72. The van der Waals surface area contributed by atoms with Crippen LogP contribution >= 0.6 is 0 Å². The quantitative estimate of drug-likeness (QED) is 0.169. The summed E-state index contributed by atoms with van der Waals surface area (Å²) in [7, 11) is 0. The van der Waals surface area contributed by atoms with Crippen LogP contribution in [-0.2, 0) is 48.4 Å². The van der Waals surface area contributed by atoms with Gasteiger partial charge in [-0.2, -0.15) is 0 Å². The van der Waals surface area contributed by atoms with Crippen molar-refractivity contribution in [2.45, 2.75) is 71.4 Å². The summed E-state index contributed by atoms with van der Waals surface area (Å²) in [5.41, 5.74) is 2.76. The number of carbonyl (C=O) groups is 3. The van der Waals surface area contributed by atoms with E-state index in [1.807, 2.05) is 117 Å². The Morgan fingerprint density at radius 3 is 1.80 bits per heavy atom. The summed E-state index contributed by atoms with van der Waals surface area (Å²) >= 11 is 0. The van der Waals surface area contributed by atoms with Crippen molar-refractivity contribution in [3.05, 3.63) is 119 Å². The number of hydrogen-bond acceptors (Lipinski definition) is 7. The molecule has 1 heterocycles. The summed E-state index contributed by atoms with van der Waals surface area (Å²) in [5, 5.41) is 0. The van der Waals surface area contributed by atoms with Crippen LogP contribution in [0, 0.1) is 0 Å². The van der Waals surface area contributed by atoms with Crippen LogP contribution in [0.25, 0.3) is 0 Å². The van der Waals surface area contributed by atoms with Gasteiger partial charge in [0.2, 0.25) is 0 Å². The number of hydrogen-bond donors (Lipinski definition) is 0. The van der Waals surface area contributed by atoms with Crippen molar-refractivity contribution in [3.63, 3.8) is 0 Å². The van der Waals surface area contributed by atoms with Gasteiger partial charge in [-0.15, -0.1) is 0 Å². The number of esters is 3. The molecular weight excluding hydrogens is 518 g/mol. The van der Waals surface area contributed by atoms with Crippen molar-refractivity contribution in [2.24, 2.45) is 0 Å². The third kappa shape index (κ3) is 8.80. The van der Waals surface area contributed by atoms with E-state index in [1.165, 1.54) is 0 Å². The molecule has 0 bridgehead atoms. The van der Waals surface area contributed by atoms with Gasteiger partial charge in [-0.25, -0.2) is 9.59 Å². The summed E-state index contributed by atoms with van der Waals surface area (Å²) in [6, 6.07) is 27.8. The van der Waals surface area contributed by atoms with Gasteiger partial charge >= 0.3 is 17.9 Å². The highest BCUT2D eigenvalue weighted by atomic mass is 16.6. The van der Waals surface area contributed by atoms with Crippen molar-refractivity contribution in [1.82, 2.24) is 4.90 Å². The van der Waals surface area contributed by atoms with Gasteiger partial charge in [0, 0.05) is 12.2 Å². The third-order valence-corrected chi connectivity index (χ3v) is 6.62. The van der Waals surface area contributed by atoms with E-state index in [-0.39, 0.29) is 31.2 Å². The van der Waals surface area contributed by atoms with Crippen molar-refractivity contribution in [3.8, 4) is 0 Å². The van der Waals surface area contributed by atoms with Crippen molar-refractivity contribution in [1.29, 1.82) is 0 Å². The lowest BCUT2D eigenvalue weighted by molar-refractivity contribution is -0.160. The SMILES string of the molecule is CC(C)(C)OC(=O)C1CCC(=C(CC(=O)OCc2ccccc2)C(=O)OCc2ccccc2)N1Cc1ccccc1. The first-order chi connectivity index (χ1) is 19.7. The van der Waals surface area contributed by atoms with E-state index in [2.05, 4.69) is 0 Å². The monoisotopic (exact) mass is 555 g/mol. The highest BCUT2D eigenvalue weighted by molar-refractivity contribution is 5.95. The smallest absolute Gasteiger partial charge is 0.336 e. The Morgan fingerprint density at radius 1 is 0.756 bits per heavy atom. The molecule has 0 radical (unpaired) electrons. The van der Waals surface area contributed by atoms with E-state index in [1.54, 1.807) is 0 Å². The Morgan fingerprint density at radius 2 is 1.27 bits per heavy atom. The summed E-state index contributed by atoms with van der Waals surface area (Å²) in [6.45, 7) is 6.00. The third-order valence-electron chi connectivity index (χ3n) is 6.62. The summed E-state index contributed by atoms with van der Waals surface area (Å²) in [5.74, 6) is -1.52. The Labute approximate surface area is 241 Å². The molecule has 7 heteroatoms. The molecule has 0 aliphatic carbocycles. The second-order valence-corrected chi connectivity index (χ2v) is 11.0. The molecule has 4 rings (SSSR count). The first kappa shape index (κ1) is 29.6. The first-order valence-corrected chi connectivity index (χ1v) is 13.9. The summed E-state index contributed by atoms with van der Waals surface area (Å²) in [4.78, 5) is 41.8. The maximum Gasteiger partial charge on any atom is 0.336 e. The number of nitrogens with zero attached hydrogens (tertiary/aromatic N) is 1. The summed E-state index contributed by atoms with van der Waals surface area (Å²) in [6.07, 6.45) is 0.589. The Bertz CT molecular complexity index is 1350. The maximum absolute atomic E-state index is 13.6. The van der Waals surface area contributed by atoms with Crippen molar-refractivity contribution >= 4 is 17.9 Å². The molecule has 1 aliphatic heterocycles. The van der Waals surface area contributed by atoms with Gasteiger partial charge in [0.25, 0.3) is 0 Å². The van der Waals surface area contributed by atoms with E-state index in [0.29, 0.717) is 25.1 Å². The van der Waals surface area contributed by atoms with E-state index >= 15 is 0 Å². The lowest BCUT2D eigenvalue weighted by Gasteiger charge is -2.30. The molecule has 1 aliphatic rings. The van der Waals surface area contributed by atoms with Crippen LogP contribution in [0.4, 0.5) is 0 Å². The molecule has 0 aromatic heterocycles. The topological polar surface area (TPSA) is 82.1 Å². The molecule has 1 unspecified atom stereocenters. The highest BCUT2D eigenvalue weighted by Crippen LogP contribution is 2.35. The fraction of sp³-hybridized carbons (Fsp3) is 0.324. The van der Waals surface area contributed by atoms with Crippen molar-refractivity contribution < 1.29 is 28.6 Å². The van der Waals surface area contributed by atoms with Crippen LogP contribution in [0.5, 0.6) is 0 Å². The minimum absolute atomic E-state index is 0.0592. The second-order valence-electron chi connectivity index (χ2n) is 11.0. The zero-order valence-corrected chi connectivity index (χ0v) is 23.9. The molecule has 3 aromatic carbocycles. The van der Waals surface area contributed by atoms with Crippen LogP contribution in [0.15, 0.2) is 102 Å². The molecule has 0 N–H and O–H groups in total. The first-order valence-electron chi connectivity index (χ1n) is 13.9. The molecule has 0 saturated carbocycles. The molecular formula is C34H37NO6. The molecule has 1 saturated heterocycles. The van der Waals surface area contributed by atoms with Crippen LogP contribution in [0.1, 0.15) is 56.7 Å². The average molecular weight is 556 g/mol. The zero-order chi connectivity index (χ0) is 29.2. The van der Waals surface area contributed by atoms with Crippen LogP contribution in [0.3, 0.4) is 0 Å². The number of ether oxygens (including phenoxy) is 3. The van der Waals surface area contributed by atoms with E-state index in [9.17, 15) is 14.4 Å². The Balaban J connectivity index is 1.64. The number of likely N-dealkylation sites (tertiary alicyclic amines) is 1. The van der Waals surface area contributed by atoms with Gasteiger partial charge < -0.3 is 19.1 Å². The van der Waals surface area contributed by atoms with Gasteiger partial charge in [0.15, 0.2) is 0 Å². The van der Waals surface area contributed by atoms with Gasteiger partial charge in [-0.1, -0.05) is 91.0 Å². The molecule has 214 valence electrons. The standard InChI is InChI=1S/C34H37NO6/c1-34(2,3)41-33(38)30-20-19-29(35(30)22-25-13-7-4-8-14-25)28(32(37)40-24-27-17-11-6-12-18-27)21-31(36)39-23-26-15-9-5-10-16-26/h4-18,30H,19-24H2,1-3H3. The van der Waals surface area contributed by atoms with Gasteiger partial charge in [0.1, 0.15) is 24.9 Å². The molecule has 1 atom stereocenters. The molecule has 41 heavy (non-hydrogen) atoms. The minimum Gasteiger partial charge on any atom is -0.461 e. The van der Waals surface area contributed by atoms with Gasteiger partial charge in [-0.05, 0) is 50.3 Å². The van der Waals surface area contributed by atoms with Crippen LogP contribution in [-0.4, -0.2) is 34.5 Å². The summed E-state index contributed by atoms with van der Waals surface area (Å²) < 4.78 is 17.0. The lowest BCUT2D eigenvalue weighted by Crippen LogP contribution is -2.40. The fourth-order valence-electron chi connectivity index (χ4n) is 4.72. The lowest BCUT2D eigenvalue weighted by atomic mass is 10.1. The average Bonchev–Trinajstić information content (AvgIpc) is 3.37. The number of benzene rings is 3.